The smallest absolute Gasteiger partial charge is 0.251 e. The van der Waals surface area contributed by atoms with Crippen molar-refractivity contribution in [2.24, 2.45) is 0 Å². The number of H-pyrrole nitrogens is 1. The van der Waals surface area contributed by atoms with Crippen LogP contribution in [0.25, 0.3) is 11.0 Å². The number of fused-ring (bicyclic) bond motifs is 1. The molecule has 0 aliphatic heterocycles. The second-order valence-corrected chi connectivity index (χ2v) is 3.90. The highest BCUT2D eigenvalue weighted by molar-refractivity contribution is 5.97. The van der Waals surface area contributed by atoms with Gasteiger partial charge in [-0.25, -0.2) is 4.98 Å². The van der Waals surface area contributed by atoms with Crippen molar-refractivity contribution in [1.82, 2.24) is 15.3 Å². The van der Waals surface area contributed by atoms with E-state index < -0.39 is 0 Å². The SMILES string of the molecule is O=C(NCc1ccco1)c1ccc2nc[nH]c2c1. The molecule has 2 N–H and O–H groups in total. The topological polar surface area (TPSA) is 70.9 Å². The zero-order chi connectivity index (χ0) is 12.4. The molecule has 90 valence electrons. The maximum Gasteiger partial charge on any atom is 0.251 e. The first kappa shape index (κ1) is 10.6. The number of aromatic nitrogens is 2. The average Bonchev–Trinajstić information content (AvgIpc) is 3.05. The normalized spacial score (nSPS) is 10.7. The lowest BCUT2D eigenvalue weighted by Crippen LogP contribution is -2.22. The molecule has 1 aromatic carbocycles. The van der Waals surface area contributed by atoms with Crippen LogP contribution in [0.5, 0.6) is 0 Å². The molecule has 2 aromatic heterocycles. The average molecular weight is 241 g/mol. The zero-order valence-electron chi connectivity index (χ0n) is 9.51. The molecule has 18 heavy (non-hydrogen) atoms. The van der Waals surface area contributed by atoms with Crippen LogP contribution in [-0.4, -0.2) is 15.9 Å². The predicted molar refractivity (Wildman–Crippen MR) is 66.0 cm³/mol. The Morgan fingerprint density at radius 1 is 1.39 bits per heavy atom. The maximum atomic E-state index is 11.9. The first-order valence-corrected chi connectivity index (χ1v) is 5.56. The molecule has 0 unspecified atom stereocenters. The number of nitrogens with one attached hydrogen (secondary N) is 2. The standard InChI is InChI=1S/C13H11N3O2/c17-13(14-7-10-2-1-5-18-10)9-3-4-11-12(6-9)16-8-15-11/h1-6,8H,7H2,(H,14,17)(H,15,16). The van der Waals surface area contributed by atoms with Crippen LogP contribution in [0.2, 0.25) is 0 Å². The minimum absolute atomic E-state index is 0.136. The molecule has 5 heteroatoms. The zero-order valence-corrected chi connectivity index (χ0v) is 9.51. The molecule has 5 nitrogen and oxygen atoms in total. The summed E-state index contributed by atoms with van der Waals surface area (Å²) in [6, 6.07) is 8.95. The quantitative estimate of drug-likeness (QED) is 0.737. The second-order valence-electron chi connectivity index (χ2n) is 3.90. The summed E-state index contributed by atoms with van der Waals surface area (Å²) in [7, 11) is 0. The Bertz CT molecular complexity index is 670. The third-order valence-corrected chi connectivity index (χ3v) is 2.69. The first-order chi connectivity index (χ1) is 8.83. The lowest BCUT2D eigenvalue weighted by Gasteiger charge is -2.03. The van der Waals surface area contributed by atoms with Gasteiger partial charge in [0.1, 0.15) is 5.76 Å². The number of carbonyl (C=O) groups is 1. The van der Waals surface area contributed by atoms with Gasteiger partial charge in [-0.2, -0.15) is 0 Å². The summed E-state index contributed by atoms with van der Waals surface area (Å²) in [4.78, 5) is 19.0. The maximum absolute atomic E-state index is 11.9. The van der Waals surface area contributed by atoms with E-state index in [0.717, 1.165) is 16.8 Å². The van der Waals surface area contributed by atoms with Crippen LogP contribution in [-0.2, 0) is 6.54 Å². The van der Waals surface area contributed by atoms with Gasteiger partial charge in [0.2, 0.25) is 0 Å². The number of rotatable bonds is 3. The van der Waals surface area contributed by atoms with Crippen molar-refractivity contribution in [1.29, 1.82) is 0 Å². The van der Waals surface area contributed by atoms with Crippen molar-refractivity contribution < 1.29 is 9.21 Å². The van der Waals surface area contributed by atoms with Gasteiger partial charge in [-0.15, -0.1) is 0 Å². The Kier molecular flexibility index (Phi) is 2.57. The fraction of sp³-hybridized carbons (Fsp3) is 0.0769. The highest BCUT2D eigenvalue weighted by Gasteiger charge is 2.07. The van der Waals surface area contributed by atoms with Gasteiger partial charge in [0.15, 0.2) is 0 Å². The van der Waals surface area contributed by atoms with Crippen LogP contribution < -0.4 is 5.32 Å². The van der Waals surface area contributed by atoms with Crippen LogP contribution >= 0.6 is 0 Å². The molecule has 3 aromatic rings. The van der Waals surface area contributed by atoms with E-state index in [1.54, 1.807) is 30.8 Å². The van der Waals surface area contributed by atoms with Gasteiger partial charge in [-0.3, -0.25) is 4.79 Å². The van der Waals surface area contributed by atoms with Crippen LogP contribution in [0.1, 0.15) is 16.1 Å². The predicted octanol–water partition coefficient (Wildman–Crippen LogP) is 2.09. The van der Waals surface area contributed by atoms with Crippen molar-refractivity contribution in [2.75, 3.05) is 0 Å². The molecule has 0 fully saturated rings. The van der Waals surface area contributed by atoms with Crippen LogP contribution in [0.3, 0.4) is 0 Å². The largest absolute Gasteiger partial charge is 0.467 e. The Morgan fingerprint density at radius 3 is 3.17 bits per heavy atom. The molecule has 0 radical (unpaired) electrons. The molecule has 0 saturated carbocycles. The van der Waals surface area contributed by atoms with Gasteiger partial charge in [-0.1, -0.05) is 0 Å². The molecule has 3 rings (SSSR count). The van der Waals surface area contributed by atoms with E-state index in [9.17, 15) is 4.79 Å². The Balaban J connectivity index is 1.75. The molecular weight excluding hydrogens is 230 g/mol. The van der Waals surface area contributed by atoms with Gasteiger partial charge in [0.05, 0.1) is 30.2 Å². The Labute approximate surface area is 103 Å². The summed E-state index contributed by atoms with van der Waals surface area (Å²) in [5.74, 6) is 0.592. The van der Waals surface area contributed by atoms with Crippen molar-refractivity contribution in [2.45, 2.75) is 6.54 Å². The number of carbonyl (C=O) groups excluding carboxylic acids is 1. The highest BCUT2D eigenvalue weighted by Crippen LogP contribution is 2.11. The minimum Gasteiger partial charge on any atom is -0.467 e. The molecular formula is C13H11N3O2. The van der Waals surface area contributed by atoms with Crippen molar-refractivity contribution in [3.63, 3.8) is 0 Å². The van der Waals surface area contributed by atoms with E-state index in [2.05, 4.69) is 15.3 Å². The lowest BCUT2D eigenvalue weighted by atomic mass is 10.2. The van der Waals surface area contributed by atoms with Crippen molar-refractivity contribution in [3.8, 4) is 0 Å². The van der Waals surface area contributed by atoms with Gasteiger partial charge in [0.25, 0.3) is 5.91 Å². The number of nitrogens with zero attached hydrogens (tertiary/aromatic N) is 1. The molecule has 1 amide bonds. The van der Waals surface area contributed by atoms with Crippen LogP contribution in [0, 0.1) is 0 Å². The fourth-order valence-electron chi connectivity index (χ4n) is 1.76. The number of aromatic amines is 1. The number of imidazole rings is 1. The summed E-state index contributed by atoms with van der Waals surface area (Å²) in [5, 5.41) is 2.79. The van der Waals surface area contributed by atoms with Crippen LogP contribution in [0.15, 0.2) is 47.3 Å². The number of amides is 1. The molecule has 2 heterocycles. The molecule has 0 aliphatic carbocycles. The first-order valence-electron chi connectivity index (χ1n) is 5.56. The van der Waals surface area contributed by atoms with Crippen molar-refractivity contribution in [3.05, 3.63) is 54.2 Å². The van der Waals surface area contributed by atoms with Crippen LogP contribution in [0.4, 0.5) is 0 Å². The summed E-state index contributed by atoms with van der Waals surface area (Å²) in [6.07, 6.45) is 3.19. The fourth-order valence-corrected chi connectivity index (χ4v) is 1.76. The third-order valence-electron chi connectivity index (χ3n) is 2.69. The number of furan rings is 1. The van der Waals surface area contributed by atoms with E-state index in [1.165, 1.54) is 0 Å². The monoisotopic (exact) mass is 241 g/mol. The summed E-state index contributed by atoms with van der Waals surface area (Å²) >= 11 is 0. The number of benzene rings is 1. The van der Waals surface area contributed by atoms with E-state index in [0.29, 0.717) is 12.1 Å². The minimum atomic E-state index is -0.136. The summed E-state index contributed by atoms with van der Waals surface area (Å²) in [5.41, 5.74) is 2.29. The molecule has 0 aliphatic rings. The number of hydrogen-bond acceptors (Lipinski definition) is 3. The Hall–Kier alpha value is -2.56. The van der Waals surface area contributed by atoms with Gasteiger partial charge in [0, 0.05) is 5.56 Å². The highest BCUT2D eigenvalue weighted by atomic mass is 16.3. The van der Waals surface area contributed by atoms with E-state index in [-0.39, 0.29) is 5.91 Å². The molecule has 0 spiro atoms. The van der Waals surface area contributed by atoms with E-state index >= 15 is 0 Å². The molecule has 0 bridgehead atoms. The van der Waals surface area contributed by atoms with Gasteiger partial charge >= 0.3 is 0 Å². The lowest BCUT2D eigenvalue weighted by molar-refractivity contribution is 0.0948. The van der Waals surface area contributed by atoms with E-state index in [1.807, 2.05) is 12.1 Å². The second kappa shape index (κ2) is 4.37. The van der Waals surface area contributed by atoms with Gasteiger partial charge in [-0.05, 0) is 30.3 Å². The summed E-state index contributed by atoms with van der Waals surface area (Å²) in [6.45, 7) is 0.382. The Morgan fingerprint density at radius 2 is 2.33 bits per heavy atom. The van der Waals surface area contributed by atoms with Gasteiger partial charge < -0.3 is 14.7 Å². The molecule has 0 saturated heterocycles. The van der Waals surface area contributed by atoms with E-state index in [4.69, 9.17) is 4.42 Å². The third kappa shape index (κ3) is 1.98. The summed E-state index contributed by atoms with van der Waals surface area (Å²) < 4.78 is 5.15. The van der Waals surface area contributed by atoms with Crippen molar-refractivity contribution >= 4 is 16.9 Å². The number of hydrogen-bond donors (Lipinski definition) is 2. The molecule has 0 atom stereocenters.